The van der Waals surface area contributed by atoms with Gasteiger partial charge in [0.15, 0.2) is 0 Å². The van der Waals surface area contributed by atoms with Gasteiger partial charge in [-0.2, -0.15) is 0 Å². The molecule has 3 heterocycles. The van der Waals surface area contributed by atoms with Crippen molar-refractivity contribution in [2.45, 2.75) is 44.4 Å². The second kappa shape index (κ2) is 5.52. The Morgan fingerprint density at radius 3 is 3.16 bits per heavy atom. The van der Waals surface area contributed by atoms with E-state index in [1.54, 1.807) is 7.11 Å². The Balaban J connectivity index is 1.64. The average molecular weight is 281 g/mol. The van der Waals surface area contributed by atoms with E-state index in [-0.39, 0.29) is 5.60 Å². The first-order valence-electron chi connectivity index (χ1n) is 7.13. The van der Waals surface area contributed by atoms with Crippen LogP contribution in [0.1, 0.15) is 29.7 Å². The number of aryl methyl sites for hydroxylation is 1. The molecule has 1 aromatic rings. The Bertz CT molecular complexity index is 434. The van der Waals surface area contributed by atoms with E-state index in [0.29, 0.717) is 6.10 Å². The number of nitrogens with zero attached hydrogens (tertiary/aromatic N) is 1. The normalized spacial score (nSPS) is 32.2. The second-order valence-electron chi connectivity index (χ2n) is 5.90. The lowest BCUT2D eigenvalue weighted by Crippen LogP contribution is -2.47. The van der Waals surface area contributed by atoms with Crippen LogP contribution in [0.5, 0.6) is 0 Å². The summed E-state index contributed by atoms with van der Waals surface area (Å²) in [5, 5.41) is 2.19. The number of rotatable bonds is 3. The Morgan fingerprint density at radius 1 is 1.58 bits per heavy atom. The zero-order chi connectivity index (χ0) is 13.3. The van der Waals surface area contributed by atoms with Gasteiger partial charge in [0, 0.05) is 31.5 Å². The standard InChI is InChI=1S/C15H23NO2S/c1-12-4-7-19-14(12)9-16-6-3-5-15(11-16)8-13(17-2)10-18-15/h4,7,13H,3,5-6,8-11H2,1-2H3/t13-,15+/m1/s1. The van der Waals surface area contributed by atoms with E-state index < -0.39 is 0 Å². The molecule has 0 N–H and O–H groups in total. The lowest BCUT2D eigenvalue weighted by Gasteiger charge is -2.39. The van der Waals surface area contributed by atoms with Gasteiger partial charge in [0.25, 0.3) is 0 Å². The highest BCUT2D eigenvalue weighted by molar-refractivity contribution is 7.10. The maximum atomic E-state index is 6.10. The van der Waals surface area contributed by atoms with Gasteiger partial charge in [-0.3, -0.25) is 4.90 Å². The first-order chi connectivity index (χ1) is 9.21. The SMILES string of the molecule is CO[C@H]1CO[C@@]2(CCCN(Cc3sccc3C)C2)C1. The fraction of sp³-hybridized carbons (Fsp3) is 0.733. The molecule has 106 valence electrons. The van der Waals surface area contributed by atoms with Crippen LogP contribution >= 0.6 is 11.3 Å². The molecule has 0 amide bonds. The minimum atomic E-state index is 0.0596. The Kier molecular flexibility index (Phi) is 3.94. The maximum absolute atomic E-state index is 6.10. The monoisotopic (exact) mass is 281 g/mol. The third kappa shape index (κ3) is 2.87. The van der Waals surface area contributed by atoms with Crippen LogP contribution in [0.25, 0.3) is 0 Å². The summed E-state index contributed by atoms with van der Waals surface area (Å²) in [6.45, 7) is 6.30. The van der Waals surface area contributed by atoms with E-state index in [9.17, 15) is 0 Å². The van der Waals surface area contributed by atoms with Gasteiger partial charge in [0.1, 0.15) is 0 Å². The van der Waals surface area contributed by atoms with Crippen LogP contribution in [0.15, 0.2) is 11.4 Å². The van der Waals surface area contributed by atoms with Crippen molar-refractivity contribution in [1.82, 2.24) is 4.90 Å². The van der Waals surface area contributed by atoms with Gasteiger partial charge in [-0.1, -0.05) is 0 Å². The lowest BCUT2D eigenvalue weighted by atomic mass is 9.89. The molecule has 2 aliphatic heterocycles. The van der Waals surface area contributed by atoms with Crippen molar-refractivity contribution < 1.29 is 9.47 Å². The van der Waals surface area contributed by atoms with Crippen LogP contribution in [-0.2, 0) is 16.0 Å². The molecule has 2 atom stereocenters. The van der Waals surface area contributed by atoms with Gasteiger partial charge < -0.3 is 9.47 Å². The first-order valence-corrected chi connectivity index (χ1v) is 8.01. The van der Waals surface area contributed by atoms with Gasteiger partial charge >= 0.3 is 0 Å². The summed E-state index contributed by atoms with van der Waals surface area (Å²) in [5.74, 6) is 0. The van der Waals surface area contributed by atoms with Gasteiger partial charge in [-0.05, 0) is 43.3 Å². The maximum Gasteiger partial charge on any atom is 0.0836 e. The zero-order valence-electron chi connectivity index (χ0n) is 11.9. The number of hydrogen-bond acceptors (Lipinski definition) is 4. The third-order valence-electron chi connectivity index (χ3n) is 4.46. The van der Waals surface area contributed by atoms with Crippen molar-refractivity contribution in [3.63, 3.8) is 0 Å². The topological polar surface area (TPSA) is 21.7 Å². The van der Waals surface area contributed by atoms with Gasteiger partial charge in [0.05, 0.1) is 18.3 Å². The Labute approximate surface area is 119 Å². The highest BCUT2D eigenvalue weighted by Crippen LogP contribution is 2.36. The number of hydrogen-bond donors (Lipinski definition) is 0. The number of thiophene rings is 1. The highest BCUT2D eigenvalue weighted by Gasteiger charge is 2.43. The van der Waals surface area contributed by atoms with Gasteiger partial charge in [-0.15, -0.1) is 11.3 Å². The van der Waals surface area contributed by atoms with Crippen molar-refractivity contribution >= 4 is 11.3 Å². The van der Waals surface area contributed by atoms with Crippen LogP contribution < -0.4 is 0 Å². The average Bonchev–Trinajstić information content (AvgIpc) is 2.98. The summed E-state index contributed by atoms with van der Waals surface area (Å²) in [6, 6.07) is 2.22. The van der Waals surface area contributed by atoms with E-state index in [1.165, 1.54) is 29.8 Å². The molecule has 0 saturated carbocycles. The zero-order valence-corrected chi connectivity index (χ0v) is 12.7. The largest absolute Gasteiger partial charge is 0.379 e. The van der Waals surface area contributed by atoms with Crippen molar-refractivity contribution in [1.29, 1.82) is 0 Å². The summed E-state index contributed by atoms with van der Waals surface area (Å²) >= 11 is 1.87. The molecule has 0 aliphatic carbocycles. The molecule has 0 unspecified atom stereocenters. The van der Waals surface area contributed by atoms with Crippen LogP contribution in [0, 0.1) is 6.92 Å². The van der Waals surface area contributed by atoms with E-state index >= 15 is 0 Å². The van der Waals surface area contributed by atoms with Gasteiger partial charge in [-0.25, -0.2) is 0 Å². The fourth-order valence-electron chi connectivity index (χ4n) is 3.33. The molecular formula is C15H23NO2S. The fourth-order valence-corrected chi connectivity index (χ4v) is 4.28. The molecule has 2 saturated heterocycles. The minimum Gasteiger partial charge on any atom is -0.379 e. The lowest BCUT2D eigenvalue weighted by molar-refractivity contribution is -0.0540. The van der Waals surface area contributed by atoms with Crippen molar-refractivity contribution in [2.24, 2.45) is 0 Å². The Hall–Kier alpha value is -0.420. The van der Waals surface area contributed by atoms with E-state index in [1.807, 2.05) is 11.3 Å². The number of ether oxygens (including phenoxy) is 2. The Morgan fingerprint density at radius 2 is 2.47 bits per heavy atom. The molecule has 3 nitrogen and oxygen atoms in total. The smallest absolute Gasteiger partial charge is 0.0836 e. The number of methoxy groups -OCH3 is 1. The molecule has 19 heavy (non-hydrogen) atoms. The molecule has 2 fully saturated rings. The molecule has 3 rings (SSSR count). The summed E-state index contributed by atoms with van der Waals surface area (Å²) in [6.07, 6.45) is 3.78. The quantitative estimate of drug-likeness (QED) is 0.850. The predicted molar refractivity (Wildman–Crippen MR) is 77.7 cm³/mol. The molecule has 0 aromatic carbocycles. The molecule has 0 bridgehead atoms. The number of likely N-dealkylation sites (tertiary alicyclic amines) is 1. The molecular weight excluding hydrogens is 258 g/mol. The van der Waals surface area contributed by atoms with Crippen LogP contribution in [0.4, 0.5) is 0 Å². The van der Waals surface area contributed by atoms with E-state index in [2.05, 4.69) is 23.3 Å². The van der Waals surface area contributed by atoms with E-state index in [0.717, 1.165) is 26.1 Å². The minimum absolute atomic E-state index is 0.0596. The second-order valence-corrected chi connectivity index (χ2v) is 6.90. The van der Waals surface area contributed by atoms with Crippen LogP contribution in [0.2, 0.25) is 0 Å². The van der Waals surface area contributed by atoms with E-state index in [4.69, 9.17) is 9.47 Å². The number of piperidine rings is 1. The summed E-state index contributed by atoms with van der Waals surface area (Å²) in [4.78, 5) is 4.05. The first kappa shape index (κ1) is 13.6. The van der Waals surface area contributed by atoms with Crippen LogP contribution in [-0.4, -0.2) is 43.4 Å². The summed E-state index contributed by atoms with van der Waals surface area (Å²) < 4.78 is 11.6. The molecule has 2 aliphatic rings. The molecule has 1 aromatic heterocycles. The molecule has 1 spiro atoms. The van der Waals surface area contributed by atoms with Crippen molar-refractivity contribution in [3.05, 3.63) is 21.9 Å². The summed E-state index contributed by atoms with van der Waals surface area (Å²) in [7, 11) is 1.79. The highest BCUT2D eigenvalue weighted by atomic mass is 32.1. The predicted octanol–water partition coefficient (Wildman–Crippen LogP) is 2.83. The molecule has 0 radical (unpaired) electrons. The third-order valence-corrected chi connectivity index (χ3v) is 5.47. The summed E-state index contributed by atoms with van der Waals surface area (Å²) in [5.41, 5.74) is 1.48. The van der Waals surface area contributed by atoms with Crippen molar-refractivity contribution in [3.8, 4) is 0 Å². The van der Waals surface area contributed by atoms with Gasteiger partial charge in [0.2, 0.25) is 0 Å². The molecule has 4 heteroatoms. The van der Waals surface area contributed by atoms with Crippen molar-refractivity contribution in [2.75, 3.05) is 26.8 Å². The van der Waals surface area contributed by atoms with Crippen LogP contribution in [0.3, 0.4) is 0 Å².